The van der Waals surface area contributed by atoms with E-state index in [1.54, 1.807) is 0 Å². The Labute approximate surface area is 183 Å². The average molecular weight is 452 g/mol. The zero-order valence-electron chi connectivity index (χ0n) is 18.0. The lowest BCUT2D eigenvalue weighted by Gasteiger charge is -2.43. The summed E-state index contributed by atoms with van der Waals surface area (Å²) in [6.45, 7) is 4.21. The Morgan fingerprint density at radius 2 is 1.34 bits per heavy atom. The van der Waals surface area contributed by atoms with Crippen LogP contribution in [-0.2, 0) is 42.9 Å². The number of aldehydes is 1. The van der Waals surface area contributed by atoms with E-state index in [1.165, 1.54) is 31.2 Å². The van der Waals surface area contributed by atoms with Crippen LogP contribution in [0.1, 0.15) is 38.1 Å². The fourth-order valence-corrected chi connectivity index (χ4v) is 3.04. The Bertz CT molecular complexity index is 848. The largest absolute Gasteiger partial charge is 0.463 e. The third kappa shape index (κ3) is 7.05. The fraction of sp³-hybridized carbons (Fsp3) is 0.476. The van der Waals surface area contributed by atoms with Gasteiger partial charge >= 0.3 is 23.9 Å². The van der Waals surface area contributed by atoms with Crippen molar-refractivity contribution in [3.63, 3.8) is 0 Å². The van der Waals surface area contributed by atoms with Crippen LogP contribution >= 0.6 is 0 Å². The molecular weight excluding hydrogens is 428 g/mol. The maximum Gasteiger partial charge on any atom is 0.303 e. The molecule has 5 atom stereocenters. The lowest BCUT2D eigenvalue weighted by molar-refractivity contribution is -0.288. The summed E-state index contributed by atoms with van der Waals surface area (Å²) >= 11 is 0. The van der Waals surface area contributed by atoms with Gasteiger partial charge in [-0.1, -0.05) is 0 Å². The van der Waals surface area contributed by atoms with E-state index in [9.17, 15) is 24.0 Å². The number of esters is 4. The van der Waals surface area contributed by atoms with Gasteiger partial charge in [-0.15, -0.1) is 0 Å². The van der Waals surface area contributed by atoms with E-state index in [4.69, 9.17) is 28.4 Å². The van der Waals surface area contributed by atoms with Gasteiger partial charge in [0.2, 0.25) is 12.4 Å². The van der Waals surface area contributed by atoms with Gasteiger partial charge in [-0.05, 0) is 24.3 Å². The highest BCUT2D eigenvalue weighted by atomic mass is 16.7. The summed E-state index contributed by atoms with van der Waals surface area (Å²) in [7, 11) is 0. The summed E-state index contributed by atoms with van der Waals surface area (Å²) in [5, 5.41) is 0. The number of carbonyl (C=O) groups excluding carboxylic acids is 5. The molecule has 1 saturated heterocycles. The van der Waals surface area contributed by atoms with Gasteiger partial charge in [0.05, 0.1) is 0 Å². The molecule has 0 amide bonds. The fourth-order valence-electron chi connectivity index (χ4n) is 3.04. The Kier molecular flexibility index (Phi) is 8.71. The number of benzene rings is 1. The quantitative estimate of drug-likeness (QED) is 0.316. The minimum absolute atomic E-state index is 0.247. The van der Waals surface area contributed by atoms with Gasteiger partial charge in [0.1, 0.15) is 24.7 Å². The van der Waals surface area contributed by atoms with Crippen molar-refractivity contribution >= 4 is 30.2 Å². The van der Waals surface area contributed by atoms with Crippen molar-refractivity contribution in [2.45, 2.75) is 58.4 Å². The Balaban J connectivity index is 2.43. The summed E-state index contributed by atoms with van der Waals surface area (Å²) in [5.74, 6) is -2.58. The molecule has 1 fully saturated rings. The highest BCUT2D eigenvalue weighted by Gasteiger charge is 2.53. The topological polar surface area (TPSA) is 141 Å². The number of carbonyl (C=O) groups is 5. The molecule has 0 bridgehead atoms. The van der Waals surface area contributed by atoms with E-state index in [0.29, 0.717) is 11.8 Å². The number of hydrogen-bond acceptors (Lipinski definition) is 11. The number of rotatable bonds is 8. The van der Waals surface area contributed by atoms with Crippen molar-refractivity contribution < 1.29 is 52.4 Å². The van der Waals surface area contributed by atoms with Crippen molar-refractivity contribution in [3.05, 3.63) is 29.8 Å². The molecule has 2 unspecified atom stereocenters. The zero-order chi connectivity index (χ0) is 23.8. The van der Waals surface area contributed by atoms with Crippen LogP contribution < -0.4 is 4.74 Å². The van der Waals surface area contributed by atoms with Crippen molar-refractivity contribution in [3.8, 4) is 5.75 Å². The Morgan fingerprint density at radius 1 is 0.812 bits per heavy atom. The van der Waals surface area contributed by atoms with Gasteiger partial charge in [-0.2, -0.15) is 0 Å². The average Bonchev–Trinajstić information content (AvgIpc) is 2.70. The second-order valence-electron chi connectivity index (χ2n) is 6.87. The predicted molar refractivity (Wildman–Crippen MR) is 104 cm³/mol. The first-order valence-electron chi connectivity index (χ1n) is 9.63. The summed E-state index contributed by atoms with van der Waals surface area (Å²) in [6, 6.07) is 5.96. The van der Waals surface area contributed by atoms with E-state index in [0.717, 1.165) is 20.8 Å². The molecule has 0 saturated carbocycles. The monoisotopic (exact) mass is 452 g/mol. The molecule has 0 spiro atoms. The first kappa shape index (κ1) is 24.8. The van der Waals surface area contributed by atoms with Gasteiger partial charge in [0.25, 0.3) is 0 Å². The standard InChI is InChI=1S/C21H24O11/c1-11(23)27-10-17-18(28-12(2)24)19(29-13(3)25)20(30-14(4)26)21(32-17)31-16-7-5-15(9-22)6-8-16/h5-9,17-21H,10H2,1-4H3/t17?,18-,19?,20-,21+/m0/s1. The van der Waals surface area contributed by atoms with Crippen LogP contribution in [0.3, 0.4) is 0 Å². The SMILES string of the molecule is CC(=O)OCC1O[C@@H](Oc2ccc(C=O)cc2)[C@@H](OC(C)=O)C(OC(C)=O)[C@H]1OC(C)=O. The lowest BCUT2D eigenvalue weighted by Crippen LogP contribution is -2.63. The maximum absolute atomic E-state index is 11.8. The molecule has 32 heavy (non-hydrogen) atoms. The van der Waals surface area contributed by atoms with Gasteiger partial charge in [-0.3, -0.25) is 24.0 Å². The van der Waals surface area contributed by atoms with E-state index >= 15 is 0 Å². The van der Waals surface area contributed by atoms with E-state index < -0.39 is 54.6 Å². The van der Waals surface area contributed by atoms with Crippen LogP contribution in [0, 0.1) is 0 Å². The van der Waals surface area contributed by atoms with Crippen molar-refractivity contribution in [2.75, 3.05) is 6.61 Å². The number of hydrogen-bond donors (Lipinski definition) is 0. The Hall–Kier alpha value is -3.47. The highest BCUT2D eigenvalue weighted by Crippen LogP contribution is 2.31. The van der Waals surface area contributed by atoms with Crippen LogP contribution in [0.5, 0.6) is 5.75 Å². The maximum atomic E-state index is 11.8. The molecule has 11 heteroatoms. The van der Waals surface area contributed by atoms with Crippen LogP contribution in [-0.4, -0.2) is 67.5 Å². The van der Waals surface area contributed by atoms with Gasteiger partial charge in [0, 0.05) is 33.3 Å². The molecule has 1 aliphatic heterocycles. The summed E-state index contributed by atoms with van der Waals surface area (Å²) in [5.41, 5.74) is 0.402. The minimum Gasteiger partial charge on any atom is -0.463 e. The molecule has 11 nitrogen and oxygen atoms in total. The summed E-state index contributed by atoms with van der Waals surface area (Å²) in [6.07, 6.45) is -5.72. The number of ether oxygens (including phenoxy) is 6. The molecule has 174 valence electrons. The first-order valence-corrected chi connectivity index (χ1v) is 9.63. The van der Waals surface area contributed by atoms with Crippen molar-refractivity contribution in [1.82, 2.24) is 0 Å². The molecule has 0 radical (unpaired) electrons. The molecular formula is C21H24O11. The van der Waals surface area contributed by atoms with Crippen LogP contribution in [0.2, 0.25) is 0 Å². The van der Waals surface area contributed by atoms with Gasteiger partial charge < -0.3 is 28.4 Å². The lowest BCUT2D eigenvalue weighted by atomic mass is 9.98. The van der Waals surface area contributed by atoms with Crippen molar-refractivity contribution in [2.24, 2.45) is 0 Å². The zero-order valence-corrected chi connectivity index (χ0v) is 18.0. The van der Waals surface area contributed by atoms with Crippen LogP contribution in [0.15, 0.2) is 24.3 Å². The van der Waals surface area contributed by atoms with Gasteiger partial charge in [-0.25, -0.2) is 0 Å². The molecule has 1 aromatic carbocycles. The third-order valence-electron chi connectivity index (χ3n) is 4.22. The molecule has 2 rings (SSSR count). The second kappa shape index (κ2) is 11.2. The van der Waals surface area contributed by atoms with E-state index in [1.807, 2.05) is 0 Å². The van der Waals surface area contributed by atoms with Crippen LogP contribution in [0.25, 0.3) is 0 Å². The molecule has 0 aliphatic carbocycles. The smallest absolute Gasteiger partial charge is 0.303 e. The third-order valence-corrected chi connectivity index (χ3v) is 4.22. The molecule has 1 aromatic rings. The molecule has 1 aliphatic rings. The van der Waals surface area contributed by atoms with Crippen LogP contribution in [0.4, 0.5) is 0 Å². The normalized spacial score (nSPS) is 24.6. The first-order chi connectivity index (χ1) is 15.1. The summed E-state index contributed by atoms with van der Waals surface area (Å²) < 4.78 is 32.5. The minimum atomic E-state index is -1.34. The van der Waals surface area contributed by atoms with E-state index in [-0.39, 0.29) is 12.4 Å². The molecule has 0 N–H and O–H groups in total. The second-order valence-corrected chi connectivity index (χ2v) is 6.87. The van der Waals surface area contributed by atoms with Crippen molar-refractivity contribution in [1.29, 1.82) is 0 Å². The summed E-state index contributed by atoms with van der Waals surface area (Å²) in [4.78, 5) is 57.4. The molecule has 0 aromatic heterocycles. The molecule has 1 heterocycles. The predicted octanol–water partition coefficient (Wildman–Crippen LogP) is 0.961. The van der Waals surface area contributed by atoms with Gasteiger partial charge in [0.15, 0.2) is 12.2 Å². The highest BCUT2D eigenvalue weighted by molar-refractivity contribution is 5.74. The van der Waals surface area contributed by atoms with E-state index in [2.05, 4.69) is 0 Å². The Morgan fingerprint density at radius 3 is 1.84 bits per heavy atom.